The van der Waals surface area contributed by atoms with Crippen molar-refractivity contribution < 1.29 is 4.79 Å². The molecule has 126 valence electrons. The second kappa shape index (κ2) is 5.54. The van der Waals surface area contributed by atoms with Crippen LogP contribution in [0.4, 0.5) is 5.69 Å². The van der Waals surface area contributed by atoms with Gasteiger partial charge < -0.3 is 10.2 Å². The van der Waals surface area contributed by atoms with Crippen molar-refractivity contribution in [1.82, 2.24) is 14.3 Å². The van der Waals surface area contributed by atoms with E-state index in [4.69, 9.17) is 0 Å². The second-order valence-corrected chi connectivity index (χ2v) is 6.68. The number of nitrogens with zero attached hydrogens (tertiary/aromatic N) is 3. The third kappa shape index (κ3) is 2.33. The van der Waals surface area contributed by atoms with Gasteiger partial charge in [-0.2, -0.15) is 0 Å². The lowest BCUT2D eigenvalue weighted by molar-refractivity contribution is -0.128. The van der Waals surface area contributed by atoms with Crippen molar-refractivity contribution in [2.24, 2.45) is 7.05 Å². The number of nitrogens with one attached hydrogen (secondary N) is 1. The third-order valence-electron chi connectivity index (χ3n) is 5.10. The molecule has 0 radical (unpaired) electrons. The lowest BCUT2D eigenvalue weighted by atomic mass is 10.2. The zero-order chi connectivity index (χ0) is 16.8. The normalized spacial score (nSPS) is 20.7. The van der Waals surface area contributed by atoms with Crippen molar-refractivity contribution in [2.45, 2.75) is 38.3 Å². The zero-order valence-corrected chi connectivity index (χ0v) is 14.0. The Morgan fingerprint density at radius 1 is 1.08 bits per heavy atom. The molecule has 2 heterocycles. The van der Waals surface area contributed by atoms with Gasteiger partial charge in [0.2, 0.25) is 5.91 Å². The Kier molecular flexibility index (Phi) is 3.48. The molecule has 6 nitrogen and oxygen atoms in total. The summed E-state index contributed by atoms with van der Waals surface area (Å²) in [6.07, 6.45) is 2.99. The first-order valence-corrected chi connectivity index (χ1v) is 8.49. The summed E-state index contributed by atoms with van der Waals surface area (Å²) in [5.74, 6) is 0.131. The molecule has 0 unspecified atom stereocenters. The number of hydrogen-bond acceptors (Lipinski definition) is 3. The average molecular weight is 326 g/mol. The fourth-order valence-electron chi connectivity index (χ4n) is 3.49. The summed E-state index contributed by atoms with van der Waals surface area (Å²) in [7, 11) is 1.86. The molecule has 6 heteroatoms. The molecule has 24 heavy (non-hydrogen) atoms. The molecule has 1 aromatic carbocycles. The molecule has 1 N–H and O–H groups in total. The number of rotatable bonds is 4. The molecule has 0 spiro atoms. The van der Waals surface area contributed by atoms with E-state index in [1.807, 2.05) is 53.9 Å². The number of carbonyl (C=O) groups is 1. The molecular formula is C18H22N4O2. The topological polar surface area (TPSA) is 59.3 Å². The number of anilines is 1. The second-order valence-electron chi connectivity index (χ2n) is 6.68. The number of benzene rings is 1. The van der Waals surface area contributed by atoms with Crippen LogP contribution in [-0.4, -0.2) is 38.8 Å². The predicted molar refractivity (Wildman–Crippen MR) is 92.5 cm³/mol. The summed E-state index contributed by atoms with van der Waals surface area (Å²) in [5, 5.41) is 3.23. The van der Waals surface area contributed by atoms with Crippen molar-refractivity contribution >= 4 is 11.6 Å². The summed E-state index contributed by atoms with van der Waals surface area (Å²) in [5.41, 5.74) is 2.07. The first-order valence-electron chi connectivity index (χ1n) is 8.49. The fourth-order valence-corrected chi connectivity index (χ4v) is 3.49. The van der Waals surface area contributed by atoms with Gasteiger partial charge in [0.15, 0.2) is 0 Å². The highest BCUT2D eigenvalue weighted by Gasteiger charge is 2.40. The minimum absolute atomic E-state index is 0.112. The summed E-state index contributed by atoms with van der Waals surface area (Å²) < 4.78 is 3.47. The molecule has 2 aliphatic rings. The van der Waals surface area contributed by atoms with Gasteiger partial charge in [0.1, 0.15) is 11.7 Å². The van der Waals surface area contributed by atoms with Crippen LogP contribution in [0.1, 0.15) is 25.0 Å². The van der Waals surface area contributed by atoms with Crippen molar-refractivity contribution in [3.05, 3.63) is 46.4 Å². The number of likely N-dealkylation sites (tertiary alicyclic amines) is 1. The van der Waals surface area contributed by atoms with Crippen LogP contribution < -0.4 is 10.9 Å². The molecule has 4 rings (SSSR count). The fraction of sp³-hybridized carbons (Fsp3) is 0.444. The monoisotopic (exact) mass is 326 g/mol. The van der Waals surface area contributed by atoms with Crippen LogP contribution in [0, 0.1) is 6.92 Å². The van der Waals surface area contributed by atoms with Crippen LogP contribution in [0.15, 0.2) is 35.1 Å². The van der Waals surface area contributed by atoms with Crippen molar-refractivity contribution in [3.8, 4) is 5.69 Å². The molecule has 1 aromatic heterocycles. The molecule has 1 atom stereocenters. The Bertz CT molecular complexity index is 833. The third-order valence-corrected chi connectivity index (χ3v) is 5.10. The van der Waals surface area contributed by atoms with Crippen molar-refractivity contribution in [2.75, 3.05) is 11.9 Å². The van der Waals surface area contributed by atoms with E-state index in [9.17, 15) is 9.59 Å². The van der Waals surface area contributed by atoms with Gasteiger partial charge in [-0.05, 0) is 38.3 Å². The Morgan fingerprint density at radius 2 is 1.79 bits per heavy atom. The van der Waals surface area contributed by atoms with E-state index in [1.54, 1.807) is 4.68 Å². The van der Waals surface area contributed by atoms with Crippen LogP contribution in [0.5, 0.6) is 0 Å². The van der Waals surface area contributed by atoms with Gasteiger partial charge in [-0.25, -0.2) is 4.68 Å². The smallest absolute Gasteiger partial charge is 0.295 e. The Balaban J connectivity index is 1.65. The standard InChI is InChI=1S/C18H22N4O2/c1-12-16(19-15-10-11-21(17(15)23)13-8-9-13)18(24)22(20(12)2)14-6-4-3-5-7-14/h3-7,13,15,19H,8-11H2,1-2H3/t15-/m1/s1. The molecule has 1 amide bonds. The maximum atomic E-state index is 12.9. The number of hydrogen-bond donors (Lipinski definition) is 1. The molecule has 1 aliphatic heterocycles. The molecule has 1 saturated heterocycles. The van der Waals surface area contributed by atoms with Crippen molar-refractivity contribution in [3.63, 3.8) is 0 Å². The van der Waals surface area contributed by atoms with Gasteiger partial charge in [0.05, 0.1) is 11.4 Å². The quantitative estimate of drug-likeness (QED) is 0.929. The van der Waals surface area contributed by atoms with Crippen LogP contribution in [0.3, 0.4) is 0 Å². The van der Waals surface area contributed by atoms with Crippen LogP contribution in [0.2, 0.25) is 0 Å². The van der Waals surface area contributed by atoms with Gasteiger partial charge in [-0.3, -0.25) is 14.3 Å². The highest BCUT2D eigenvalue weighted by Crippen LogP contribution is 2.31. The summed E-state index contributed by atoms with van der Waals surface area (Å²) >= 11 is 0. The van der Waals surface area contributed by atoms with Crippen LogP contribution >= 0.6 is 0 Å². The first kappa shape index (κ1) is 15.1. The SMILES string of the molecule is Cc1c(N[C@@H]2CCN(C3CC3)C2=O)c(=O)n(-c2ccccc2)n1C. The number of carbonyl (C=O) groups excluding carboxylic acids is 1. The molecule has 2 aromatic rings. The molecule has 1 saturated carbocycles. The maximum absolute atomic E-state index is 12.9. The minimum atomic E-state index is -0.288. The average Bonchev–Trinajstić information content (AvgIpc) is 3.33. The van der Waals surface area contributed by atoms with Crippen LogP contribution in [0.25, 0.3) is 5.69 Å². The van der Waals surface area contributed by atoms with E-state index in [0.29, 0.717) is 11.7 Å². The number of aromatic nitrogens is 2. The predicted octanol–water partition coefficient (Wildman–Crippen LogP) is 1.66. The van der Waals surface area contributed by atoms with Crippen LogP contribution in [-0.2, 0) is 11.8 Å². The molecular weight excluding hydrogens is 304 g/mol. The summed E-state index contributed by atoms with van der Waals surface area (Å²) in [6, 6.07) is 9.69. The van der Waals surface area contributed by atoms with Gasteiger partial charge in [0.25, 0.3) is 5.56 Å². The minimum Gasteiger partial charge on any atom is -0.368 e. The Hall–Kier alpha value is -2.50. The van der Waals surface area contributed by atoms with Gasteiger partial charge in [-0.1, -0.05) is 18.2 Å². The summed E-state index contributed by atoms with van der Waals surface area (Å²) in [6.45, 7) is 2.70. The first-order chi connectivity index (χ1) is 11.6. The number of amides is 1. The van der Waals surface area contributed by atoms with E-state index in [1.165, 1.54) is 0 Å². The Morgan fingerprint density at radius 3 is 2.46 bits per heavy atom. The van der Waals surface area contributed by atoms with Gasteiger partial charge in [0, 0.05) is 19.6 Å². The lowest BCUT2D eigenvalue weighted by Crippen LogP contribution is -2.36. The molecule has 2 fully saturated rings. The van der Waals surface area contributed by atoms with Gasteiger partial charge in [-0.15, -0.1) is 0 Å². The van der Waals surface area contributed by atoms with E-state index in [0.717, 1.165) is 37.2 Å². The molecule has 0 bridgehead atoms. The highest BCUT2D eigenvalue weighted by atomic mass is 16.2. The Labute approximate surface area is 140 Å². The van der Waals surface area contributed by atoms with Gasteiger partial charge >= 0.3 is 0 Å². The van der Waals surface area contributed by atoms with E-state index < -0.39 is 0 Å². The van der Waals surface area contributed by atoms with E-state index in [2.05, 4.69) is 5.32 Å². The lowest BCUT2D eigenvalue weighted by Gasteiger charge is -2.16. The largest absolute Gasteiger partial charge is 0.368 e. The zero-order valence-electron chi connectivity index (χ0n) is 14.0. The molecule has 1 aliphatic carbocycles. The highest BCUT2D eigenvalue weighted by molar-refractivity contribution is 5.87. The van der Waals surface area contributed by atoms with E-state index >= 15 is 0 Å². The van der Waals surface area contributed by atoms with Crippen molar-refractivity contribution in [1.29, 1.82) is 0 Å². The number of para-hydroxylation sites is 1. The summed E-state index contributed by atoms with van der Waals surface area (Å²) in [4.78, 5) is 27.4. The van der Waals surface area contributed by atoms with E-state index in [-0.39, 0.29) is 17.5 Å². The maximum Gasteiger partial charge on any atom is 0.295 e.